The lowest BCUT2D eigenvalue weighted by Gasteiger charge is -2.31. The number of rotatable bonds is 5. The average Bonchev–Trinajstić information content (AvgIpc) is 3.03. The monoisotopic (exact) mass is 491 g/mol. The molecule has 0 aliphatic carbocycles. The zero-order chi connectivity index (χ0) is 26.8. The van der Waals surface area contributed by atoms with E-state index in [0.717, 1.165) is 5.56 Å². The Balaban J connectivity index is 2.59. The summed E-state index contributed by atoms with van der Waals surface area (Å²) in [5.74, 6) is -1.43. The fraction of sp³-hybridized carbons (Fsp3) is 0.667. The topological polar surface area (TPSA) is 91.4 Å². The maximum atomic E-state index is 13.5. The Hall–Kier alpha value is -2.77. The van der Waals surface area contributed by atoms with E-state index in [1.807, 2.05) is 24.3 Å². The highest BCUT2D eigenvalue weighted by Crippen LogP contribution is 2.44. The number of methoxy groups -OCH3 is 1. The number of carbonyl (C=O) groups excluding carboxylic acids is 3. The summed E-state index contributed by atoms with van der Waals surface area (Å²) in [6.07, 6.45) is -0.719. The zero-order valence-corrected chi connectivity index (χ0v) is 22.8. The van der Waals surface area contributed by atoms with E-state index < -0.39 is 46.8 Å². The lowest BCUT2D eigenvalue weighted by Crippen LogP contribution is -2.48. The number of ether oxygens (including phenoxy) is 4. The van der Waals surface area contributed by atoms with Gasteiger partial charge >= 0.3 is 18.0 Å². The van der Waals surface area contributed by atoms with Gasteiger partial charge in [-0.05, 0) is 73.9 Å². The maximum Gasteiger partial charge on any atom is 0.411 e. The molecule has 35 heavy (non-hydrogen) atoms. The van der Waals surface area contributed by atoms with Crippen LogP contribution >= 0.6 is 0 Å². The van der Waals surface area contributed by atoms with E-state index in [1.54, 1.807) is 69.4 Å². The van der Waals surface area contributed by atoms with Crippen molar-refractivity contribution in [2.24, 2.45) is 5.92 Å². The number of hydrogen-bond acceptors (Lipinski definition) is 7. The van der Waals surface area contributed by atoms with Gasteiger partial charge in [0.05, 0.1) is 13.5 Å². The Labute approximate surface area is 209 Å². The van der Waals surface area contributed by atoms with E-state index in [4.69, 9.17) is 18.9 Å². The molecule has 0 unspecified atom stereocenters. The number of benzene rings is 1. The molecule has 1 fully saturated rings. The van der Waals surface area contributed by atoms with Crippen molar-refractivity contribution in [3.63, 3.8) is 0 Å². The molecule has 0 saturated carbocycles. The number of amides is 1. The van der Waals surface area contributed by atoms with Gasteiger partial charge in [-0.2, -0.15) is 0 Å². The van der Waals surface area contributed by atoms with Crippen LogP contribution in [0.3, 0.4) is 0 Å². The minimum atomic E-state index is -1.04. The van der Waals surface area contributed by atoms with E-state index in [2.05, 4.69) is 0 Å². The van der Waals surface area contributed by atoms with Gasteiger partial charge in [0.2, 0.25) is 0 Å². The number of esters is 2. The van der Waals surface area contributed by atoms with Crippen LogP contribution < -0.4 is 4.74 Å². The predicted octanol–water partition coefficient (Wildman–Crippen LogP) is 5.09. The van der Waals surface area contributed by atoms with Crippen LogP contribution in [0.1, 0.15) is 80.2 Å². The van der Waals surface area contributed by atoms with Crippen LogP contribution in [0.15, 0.2) is 24.3 Å². The third-order valence-corrected chi connectivity index (χ3v) is 5.29. The van der Waals surface area contributed by atoms with Gasteiger partial charge in [-0.3, -0.25) is 9.69 Å². The van der Waals surface area contributed by atoms with Crippen LogP contribution in [0.4, 0.5) is 4.79 Å². The van der Waals surface area contributed by atoms with Gasteiger partial charge in [0.25, 0.3) is 0 Å². The molecule has 0 spiro atoms. The van der Waals surface area contributed by atoms with Crippen molar-refractivity contribution in [3.8, 4) is 5.75 Å². The maximum absolute atomic E-state index is 13.5. The number of para-hydroxylation sites is 1. The van der Waals surface area contributed by atoms with E-state index >= 15 is 0 Å². The Bertz CT molecular complexity index is 921. The average molecular weight is 492 g/mol. The smallest absolute Gasteiger partial charge is 0.411 e. The molecule has 2 rings (SSSR count). The normalized spacial score (nSPS) is 20.9. The van der Waals surface area contributed by atoms with Crippen molar-refractivity contribution < 1.29 is 33.3 Å². The standard InChI is InChI=1S/C27H41NO7/c1-25(2,3)33-21(29)15-18-19(17-13-11-12-14-20(17)32-10)16-28(24(31)35-27(7,8)9)22(18)23(30)34-26(4,5)6/h11-14,18-19,22H,15-16H2,1-10H3/t18-,19+,22-/m0/s1. The molecule has 0 radical (unpaired) electrons. The molecule has 0 N–H and O–H groups in total. The Kier molecular flexibility index (Phi) is 8.51. The highest BCUT2D eigenvalue weighted by molar-refractivity contribution is 5.84. The second-order valence-corrected chi connectivity index (χ2v) is 11.9. The van der Waals surface area contributed by atoms with Crippen molar-refractivity contribution in [1.82, 2.24) is 4.90 Å². The molecule has 3 atom stereocenters. The molecule has 1 aromatic carbocycles. The van der Waals surface area contributed by atoms with Crippen LogP contribution in [0.25, 0.3) is 0 Å². The molecule has 1 heterocycles. The molecule has 1 amide bonds. The van der Waals surface area contributed by atoms with Crippen molar-refractivity contribution in [3.05, 3.63) is 29.8 Å². The minimum absolute atomic E-state index is 0.0802. The molecular weight excluding hydrogens is 450 g/mol. The van der Waals surface area contributed by atoms with Gasteiger partial charge in [-0.25, -0.2) is 9.59 Å². The van der Waals surface area contributed by atoms with Crippen molar-refractivity contribution in [2.75, 3.05) is 13.7 Å². The molecular formula is C27H41NO7. The van der Waals surface area contributed by atoms with Gasteiger partial charge in [-0.1, -0.05) is 18.2 Å². The molecule has 1 saturated heterocycles. The first-order valence-electron chi connectivity index (χ1n) is 12.0. The third kappa shape index (κ3) is 8.15. The van der Waals surface area contributed by atoms with Gasteiger partial charge in [0.15, 0.2) is 0 Å². The quantitative estimate of drug-likeness (QED) is 0.419. The van der Waals surface area contributed by atoms with Crippen LogP contribution in [-0.4, -0.2) is 59.4 Å². The fourth-order valence-electron chi connectivity index (χ4n) is 4.22. The van der Waals surface area contributed by atoms with Crippen molar-refractivity contribution >= 4 is 18.0 Å². The largest absolute Gasteiger partial charge is 0.496 e. The molecule has 1 aliphatic heterocycles. The van der Waals surface area contributed by atoms with Crippen LogP contribution in [0.2, 0.25) is 0 Å². The summed E-state index contributed by atoms with van der Waals surface area (Å²) in [4.78, 5) is 41.1. The molecule has 0 bridgehead atoms. The van der Waals surface area contributed by atoms with Gasteiger partial charge in [0, 0.05) is 18.4 Å². The second kappa shape index (κ2) is 10.5. The summed E-state index contributed by atoms with van der Waals surface area (Å²) in [6, 6.07) is 6.37. The molecule has 8 heteroatoms. The van der Waals surface area contributed by atoms with Crippen LogP contribution in [0, 0.1) is 5.92 Å². The van der Waals surface area contributed by atoms with Crippen molar-refractivity contribution in [1.29, 1.82) is 0 Å². The molecule has 196 valence electrons. The number of carbonyl (C=O) groups is 3. The molecule has 1 aromatic rings. The Morgan fingerprint density at radius 1 is 0.857 bits per heavy atom. The van der Waals surface area contributed by atoms with Crippen LogP contribution in [-0.2, 0) is 23.8 Å². The summed E-state index contributed by atoms with van der Waals surface area (Å²) in [5.41, 5.74) is -1.45. The molecule has 8 nitrogen and oxygen atoms in total. The first kappa shape index (κ1) is 28.5. The van der Waals surface area contributed by atoms with E-state index in [9.17, 15) is 14.4 Å². The number of likely N-dealkylation sites (tertiary alicyclic amines) is 1. The van der Waals surface area contributed by atoms with Gasteiger partial charge < -0.3 is 18.9 Å². The second-order valence-electron chi connectivity index (χ2n) is 11.9. The number of nitrogens with zero attached hydrogens (tertiary/aromatic N) is 1. The summed E-state index contributed by atoms with van der Waals surface area (Å²) < 4.78 is 22.5. The zero-order valence-electron chi connectivity index (χ0n) is 22.8. The SMILES string of the molecule is COc1ccccc1[C@H]1CN(C(=O)OC(C)(C)C)[C@H](C(=O)OC(C)(C)C)[C@H]1CC(=O)OC(C)(C)C. The Morgan fingerprint density at radius 3 is 1.91 bits per heavy atom. The summed E-state index contributed by atoms with van der Waals surface area (Å²) in [7, 11) is 1.56. The predicted molar refractivity (Wildman–Crippen MR) is 132 cm³/mol. The van der Waals surface area contributed by atoms with Gasteiger partial charge in [-0.15, -0.1) is 0 Å². The molecule has 0 aromatic heterocycles. The van der Waals surface area contributed by atoms with Gasteiger partial charge in [0.1, 0.15) is 28.6 Å². The van der Waals surface area contributed by atoms with Crippen LogP contribution in [0.5, 0.6) is 5.75 Å². The summed E-state index contributed by atoms with van der Waals surface area (Å²) in [6.45, 7) is 16.1. The first-order valence-corrected chi connectivity index (χ1v) is 12.0. The minimum Gasteiger partial charge on any atom is -0.496 e. The summed E-state index contributed by atoms with van der Waals surface area (Å²) >= 11 is 0. The first-order chi connectivity index (χ1) is 15.9. The van der Waals surface area contributed by atoms with E-state index in [0.29, 0.717) is 5.75 Å². The van der Waals surface area contributed by atoms with E-state index in [-0.39, 0.29) is 18.9 Å². The Morgan fingerprint density at radius 2 is 1.40 bits per heavy atom. The third-order valence-electron chi connectivity index (χ3n) is 5.29. The summed E-state index contributed by atoms with van der Waals surface area (Å²) in [5, 5.41) is 0. The number of hydrogen-bond donors (Lipinski definition) is 0. The fourth-order valence-corrected chi connectivity index (χ4v) is 4.22. The highest BCUT2D eigenvalue weighted by atomic mass is 16.6. The van der Waals surface area contributed by atoms with E-state index in [1.165, 1.54) is 4.90 Å². The lowest BCUT2D eigenvalue weighted by molar-refractivity contribution is -0.163. The lowest BCUT2D eigenvalue weighted by atomic mass is 9.82. The molecule has 1 aliphatic rings. The highest BCUT2D eigenvalue weighted by Gasteiger charge is 2.52. The van der Waals surface area contributed by atoms with Crippen molar-refractivity contribution in [2.45, 2.75) is 97.5 Å².